The fourth-order valence-corrected chi connectivity index (χ4v) is 2.87. The van der Waals surface area contributed by atoms with Gasteiger partial charge in [-0.2, -0.15) is 0 Å². The van der Waals surface area contributed by atoms with Crippen LogP contribution in [-0.4, -0.2) is 62.5 Å². The van der Waals surface area contributed by atoms with Crippen molar-refractivity contribution in [3.8, 4) is 0 Å². The van der Waals surface area contributed by atoms with Gasteiger partial charge in [-0.15, -0.1) is 0 Å². The third-order valence-corrected chi connectivity index (χ3v) is 4.17. The summed E-state index contributed by atoms with van der Waals surface area (Å²) in [7, 11) is 4.02. The van der Waals surface area contributed by atoms with E-state index in [4.69, 9.17) is 15.2 Å². The average Bonchev–Trinajstić information content (AvgIpc) is 2.80. The fourth-order valence-electron chi connectivity index (χ4n) is 2.87. The number of carbonyl (C=O) groups excluding carboxylic acids is 1. The molecule has 0 unspecified atom stereocenters. The Bertz CT molecular complexity index is 317. The minimum absolute atomic E-state index is 0.265. The van der Waals surface area contributed by atoms with Crippen LogP contribution in [-0.2, 0) is 14.3 Å². The van der Waals surface area contributed by atoms with Gasteiger partial charge in [0, 0.05) is 25.9 Å². The number of hydrogen-bond donors (Lipinski definition) is 2. The van der Waals surface area contributed by atoms with Crippen molar-refractivity contribution in [2.75, 3.05) is 40.4 Å². The molecule has 0 aromatic rings. The van der Waals surface area contributed by atoms with Crippen LogP contribution in [0.3, 0.4) is 0 Å². The zero-order chi connectivity index (χ0) is 13.9. The van der Waals surface area contributed by atoms with Crippen molar-refractivity contribution in [2.24, 2.45) is 5.73 Å². The van der Waals surface area contributed by atoms with E-state index in [1.807, 2.05) is 14.1 Å². The number of likely N-dealkylation sites (N-methyl/N-ethyl adjacent to an activating group) is 1. The van der Waals surface area contributed by atoms with Crippen molar-refractivity contribution in [2.45, 2.75) is 37.0 Å². The fraction of sp³-hybridized carbons (Fsp3) is 0.923. The van der Waals surface area contributed by atoms with Crippen LogP contribution in [0.4, 0.5) is 0 Å². The summed E-state index contributed by atoms with van der Waals surface area (Å²) in [5.41, 5.74) is 5.01. The first-order chi connectivity index (χ1) is 8.98. The number of rotatable bonds is 5. The molecule has 0 aromatic carbocycles. The summed E-state index contributed by atoms with van der Waals surface area (Å²) in [6.45, 7) is 2.94. The highest BCUT2D eigenvalue weighted by Crippen LogP contribution is 2.40. The highest BCUT2D eigenvalue weighted by Gasteiger charge is 2.48. The molecule has 6 nitrogen and oxygen atoms in total. The van der Waals surface area contributed by atoms with Gasteiger partial charge in [-0.05, 0) is 26.9 Å². The van der Waals surface area contributed by atoms with Gasteiger partial charge in [0.1, 0.15) is 0 Å². The Balaban J connectivity index is 1.92. The van der Waals surface area contributed by atoms with Crippen LogP contribution in [0, 0.1) is 0 Å². The maximum Gasteiger partial charge on any atom is 0.237 e. The normalized spacial score (nSPS) is 25.0. The number of primary amides is 1. The largest absolute Gasteiger partial charge is 0.368 e. The van der Waals surface area contributed by atoms with Crippen molar-refractivity contribution in [3.05, 3.63) is 0 Å². The minimum Gasteiger partial charge on any atom is -0.368 e. The van der Waals surface area contributed by atoms with Crippen molar-refractivity contribution in [1.82, 2.24) is 10.2 Å². The SMILES string of the molecule is CN(C)CCNC1(C(N)=O)CCC2(CC1)OCCO2. The maximum atomic E-state index is 11.8. The molecule has 110 valence electrons. The molecule has 0 bridgehead atoms. The molecule has 1 aliphatic heterocycles. The molecule has 1 saturated heterocycles. The lowest BCUT2D eigenvalue weighted by Gasteiger charge is -2.42. The molecule has 2 rings (SSSR count). The number of nitrogens with one attached hydrogen (secondary N) is 1. The van der Waals surface area contributed by atoms with Gasteiger partial charge in [0.25, 0.3) is 0 Å². The van der Waals surface area contributed by atoms with Crippen LogP contribution >= 0.6 is 0 Å². The smallest absolute Gasteiger partial charge is 0.237 e. The van der Waals surface area contributed by atoms with E-state index in [1.165, 1.54) is 0 Å². The molecule has 0 atom stereocenters. The standard InChI is InChI=1S/C13H25N3O3/c1-16(2)8-7-15-12(11(14)17)3-5-13(6-4-12)18-9-10-19-13/h15H,3-10H2,1-2H3,(H2,14,17). The van der Waals surface area contributed by atoms with Gasteiger partial charge in [0.05, 0.1) is 18.8 Å². The summed E-state index contributed by atoms with van der Waals surface area (Å²) < 4.78 is 11.4. The molecule has 0 aromatic heterocycles. The average molecular weight is 271 g/mol. The molecule has 19 heavy (non-hydrogen) atoms. The van der Waals surface area contributed by atoms with E-state index in [2.05, 4.69) is 10.2 Å². The number of ether oxygens (including phenoxy) is 2. The predicted octanol–water partition coefficient (Wildman–Crippen LogP) is -0.321. The van der Waals surface area contributed by atoms with Crippen LogP contribution in [0.1, 0.15) is 25.7 Å². The highest BCUT2D eigenvalue weighted by molar-refractivity contribution is 5.84. The Morgan fingerprint density at radius 3 is 2.26 bits per heavy atom. The maximum absolute atomic E-state index is 11.8. The second-order valence-corrected chi connectivity index (χ2v) is 5.78. The van der Waals surface area contributed by atoms with E-state index in [1.54, 1.807) is 0 Å². The zero-order valence-electron chi connectivity index (χ0n) is 11.9. The molecule has 1 amide bonds. The third-order valence-electron chi connectivity index (χ3n) is 4.17. The Morgan fingerprint density at radius 2 is 1.79 bits per heavy atom. The molecule has 6 heteroatoms. The van der Waals surface area contributed by atoms with E-state index < -0.39 is 11.3 Å². The monoisotopic (exact) mass is 271 g/mol. The van der Waals surface area contributed by atoms with Gasteiger partial charge in [-0.1, -0.05) is 0 Å². The second-order valence-electron chi connectivity index (χ2n) is 5.78. The third kappa shape index (κ3) is 3.25. The van der Waals surface area contributed by atoms with Crippen LogP contribution in [0.2, 0.25) is 0 Å². The van der Waals surface area contributed by atoms with E-state index in [0.29, 0.717) is 26.1 Å². The van der Waals surface area contributed by atoms with Gasteiger partial charge in [0.2, 0.25) is 5.91 Å². The highest BCUT2D eigenvalue weighted by atomic mass is 16.7. The molecule has 3 N–H and O–H groups in total. The molecular weight excluding hydrogens is 246 g/mol. The Kier molecular flexibility index (Phi) is 4.45. The van der Waals surface area contributed by atoms with Gasteiger partial charge < -0.3 is 25.4 Å². The Morgan fingerprint density at radius 1 is 1.21 bits per heavy atom. The summed E-state index contributed by atoms with van der Waals surface area (Å²) in [5.74, 6) is -0.721. The zero-order valence-corrected chi connectivity index (χ0v) is 11.9. The lowest BCUT2D eigenvalue weighted by Crippen LogP contribution is -2.60. The molecular formula is C13H25N3O3. The van der Waals surface area contributed by atoms with Crippen LogP contribution in [0.25, 0.3) is 0 Å². The lowest BCUT2D eigenvalue weighted by molar-refractivity contribution is -0.187. The molecule has 1 aliphatic carbocycles. The topological polar surface area (TPSA) is 76.8 Å². The van der Waals surface area contributed by atoms with E-state index >= 15 is 0 Å². The van der Waals surface area contributed by atoms with E-state index in [-0.39, 0.29) is 5.91 Å². The van der Waals surface area contributed by atoms with E-state index in [9.17, 15) is 4.79 Å². The number of hydrogen-bond acceptors (Lipinski definition) is 5. The van der Waals surface area contributed by atoms with Crippen molar-refractivity contribution in [1.29, 1.82) is 0 Å². The van der Waals surface area contributed by atoms with Gasteiger partial charge in [0.15, 0.2) is 5.79 Å². The Labute approximate surface area is 114 Å². The van der Waals surface area contributed by atoms with Crippen LogP contribution in [0.5, 0.6) is 0 Å². The van der Waals surface area contributed by atoms with Gasteiger partial charge >= 0.3 is 0 Å². The summed E-state index contributed by atoms with van der Waals surface area (Å²) in [4.78, 5) is 13.9. The van der Waals surface area contributed by atoms with Crippen molar-refractivity contribution < 1.29 is 14.3 Å². The first kappa shape index (κ1) is 14.7. The molecule has 2 aliphatic rings. The number of amides is 1. The van der Waals surface area contributed by atoms with Gasteiger partial charge in [-0.3, -0.25) is 4.79 Å². The first-order valence-corrected chi connectivity index (χ1v) is 6.96. The number of nitrogens with zero attached hydrogens (tertiary/aromatic N) is 1. The molecule has 1 saturated carbocycles. The van der Waals surface area contributed by atoms with Crippen LogP contribution in [0.15, 0.2) is 0 Å². The molecule has 1 heterocycles. The van der Waals surface area contributed by atoms with Crippen LogP contribution < -0.4 is 11.1 Å². The quantitative estimate of drug-likeness (QED) is 0.716. The summed E-state index contributed by atoms with van der Waals surface area (Å²) in [5, 5.41) is 3.34. The summed E-state index contributed by atoms with van der Waals surface area (Å²) >= 11 is 0. The lowest BCUT2D eigenvalue weighted by atomic mass is 9.78. The minimum atomic E-state index is -0.601. The predicted molar refractivity (Wildman–Crippen MR) is 71.6 cm³/mol. The Hall–Kier alpha value is -0.690. The molecule has 1 spiro atoms. The first-order valence-electron chi connectivity index (χ1n) is 6.96. The number of carbonyl (C=O) groups is 1. The van der Waals surface area contributed by atoms with E-state index in [0.717, 1.165) is 25.9 Å². The second kappa shape index (κ2) is 5.75. The summed E-state index contributed by atoms with van der Waals surface area (Å²) in [6.07, 6.45) is 2.81. The van der Waals surface area contributed by atoms with Crippen molar-refractivity contribution in [3.63, 3.8) is 0 Å². The van der Waals surface area contributed by atoms with Crippen molar-refractivity contribution >= 4 is 5.91 Å². The molecule has 0 radical (unpaired) electrons. The summed E-state index contributed by atoms with van der Waals surface area (Å²) in [6, 6.07) is 0. The molecule has 2 fully saturated rings. The van der Waals surface area contributed by atoms with Gasteiger partial charge in [-0.25, -0.2) is 0 Å². The number of nitrogens with two attached hydrogens (primary N) is 1.